The molecule has 1 aromatic rings. The monoisotopic (exact) mass is 315 g/mol. The molecule has 0 aliphatic carbocycles. The Morgan fingerprint density at radius 1 is 1.35 bits per heavy atom. The van der Waals surface area contributed by atoms with Crippen molar-refractivity contribution in [2.24, 2.45) is 5.92 Å². The standard InChI is InChI=1S/C13H14ClNO4S/c1-19-12-3-2-9(5-10(12)14)15-11-7-20(17,18)6-8(11)4-13(15)16/h2-3,5,8,11H,4,6-7H2,1H3. The first-order valence-electron chi connectivity index (χ1n) is 6.27. The SMILES string of the molecule is COc1ccc(N2C(=O)CC3CS(=O)(=O)CC32)cc1Cl. The normalized spacial score (nSPS) is 27.7. The van der Waals surface area contributed by atoms with Gasteiger partial charge in [-0.1, -0.05) is 11.6 Å². The fourth-order valence-corrected chi connectivity index (χ4v) is 5.35. The van der Waals surface area contributed by atoms with E-state index in [4.69, 9.17) is 16.3 Å². The van der Waals surface area contributed by atoms with E-state index >= 15 is 0 Å². The van der Waals surface area contributed by atoms with Crippen LogP contribution in [0.5, 0.6) is 5.75 Å². The molecule has 0 spiro atoms. The minimum atomic E-state index is -3.04. The predicted molar refractivity (Wildman–Crippen MR) is 76.0 cm³/mol. The number of ether oxygens (including phenoxy) is 1. The van der Waals surface area contributed by atoms with E-state index in [2.05, 4.69) is 0 Å². The molecule has 5 nitrogen and oxygen atoms in total. The largest absolute Gasteiger partial charge is 0.495 e. The topological polar surface area (TPSA) is 63.7 Å². The van der Waals surface area contributed by atoms with Crippen LogP contribution in [0.25, 0.3) is 0 Å². The van der Waals surface area contributed by atoms with Gasteiger partial charge in [-0.15, -0.1) is 0 Å². The Hall–Kier alpha value is -1.27. The van der Waals surface area contributed by atoms with E-state index in [1.165, 1.54) is 7.11 Å². The lowest BCUT2D eigenvalue weighted by Crippen LogP contribution is -2.36. The summed E-state index contributed by atoms with van der Waals surface area (Å²) in [6.07, 6.45) is 0.285. The smallest absolute Gasteiger partial charge is 0.227 e. The number of hydrogen-bond donors (Lipinski definition) is 0. The van der Waals surface area contributed by atoms with Crippen molar-refractivity contribution in [3.63, 3.8) is 0 Å². The second kappa shape index (κ2) is 4.63. The zero-order chi connectivity index (χ0) is 14.5. The van der Waals surface area contributed by atoms with E-state index in [-0.39, 0.29) is 35.8 Å². The molecule has 20 heavy (non-hydrogen) atoms. The number of hydrogen-bond acceptors (Lipinski definition) is 4. The van der Waals surface area contributed by atoms with Crippen LogP contribution < -0.4 is 9.64 Å². The molecule has 2 saturated heterocycles. The van der Waals surface area contributed by atoms with Crippen LogP contribution in [0.4, 0.5) is 5.69 Å². The molecular formula is C13H14ClNO4S. The highest BCUT2D eigenvalue weighted by atomic mass is 35.5. The van der Waals surface area contributed by atoms with Crippen LogP contribution >= 0.6 is 11.6 Å². The Balaban J connectivity index is 1.97. The number of methoxy groups -OCH3 is 1. The zero-order valence-corrected chi connectivity index (χ0v) is 12.4. The Morgan fingerprint density at radius 2 is 2.10 bits per heavy atom. The van der Waals surface area contributed by atoms with Crippen LogP contribution in [-0.4, -0.2) is 39.0 Å². The molecule has 0 saturated carbocycles. The van der Waals surface area contributed by atoms with Gasteiger partial charge in [0, 0.05) is 18.0 Å². The van der Waals surface area contributed by atoms with Crippen LogP contribution in [-0.2, 0) is 14.6 Å². The lowest BCUT2D eigenvalue weighted by molar-refractivity contribution is -0.117. The van der Waals surface area contributed by atoms with Gasteiger partial charge in [0.15, 0.2) is 9.84 Å². The fourth-order valence-electron chi connectivity index (χ4n) is 3.03. The quantitative estimate of drug-likeness (QED) is 0.829. The van der Waals surface area contributed by atoms with E-state index in [0.29, 0.717) is 16.5 Å². The maximum absolute atomic E-state index is 12.1. The first-order valence-corrected chi connectivity index (χ1v) is 8.47. The molecule has 1 aromatic carbocycles. The van der Waals surface area contributed by atoms with Gasteiger partial charge in [-0.3, -0.25) is 4.79 Å². The summed E-state index contributed by atoms with van der Waals surface area (Å²) in [6, 6.07) is 4.79. The maximum atomic E-state index is 12.1. The molecule has 3 rings (SSSR count). The van der Waals surface area contributed by atoms with Crippen molar-refractivity contribution in [1.29, 1.82) is 0 Å². The number of nitrogens with zero attached hydrogens (tertiary/aromatic N) is 1. The number of benzene rings is 1. The summed E-state index contributed by atoms with van der Waals surface area (Å²) in [5.74, 6) is 0.513. The highest BCUT2D eigenvalue weighted by Gasteiger charge is 2.49. The van der Waals surface area contributed by atoms with Crippen LogP contribution in [0, 0.1) is 5.92 Å². The number of carbonyl (C=O) groups excluding carboxylic acids is 1. The molecule has 2 atom stereocenters. The summed E-state index contributed by atoms with van der Waals surface area (Å²) in [5.41, 5.74) is 0.630. The van der Waals surface area contributed by atoms with Crippen molar-refractivity contribution in [1.82, 2.24) is 0 Å². The van der Waals surface area contributed by atoms with Gasteiger partial charge in [0.05, 0.1) is 29.7 Å². The molecule has 2 aliphatic heterocycles. The number of amides is 1. The van der Waals surface area contributed by atoms with Crippen molar-refractivity contribution in [3.8, 4) is 5.75 Å². The Kier molecular flexibility index (Phi) is 3.17. The Labute approximate surface area is 122 Å². The number of fused-ring (bicyclic) bond motifs is 1. The Morgan fingerprint density at radius 3 is 2.75 bits per heavy atom. The fraction of sp³-hybridized carbons (Fsp3) is 0.462. The van der Waals surface area contributed by atoms with E-state index in [0.717, 1.165) is 0 Å². The van der Waals surface area contributed by atoms with Gasteiger partial charge in [0.1, 0.15) is 5.75 Å². The van der Waals surface area contributed by atoms with Crippen LogP contribution in [0.2, 0.25) is 5.02 Å². The molecule has 2 unspecified atom stereocenters. The van der Waals surface area contributed by atoms with Gasteiger partial charge >= 0.3 is 0 Å². The molecule has 2 heterocycles. The molecule has 2 fully saturated rings. The number of anilines is 1. The summed E-state index contributed by atoms with van der Waals surface area (Å²) in [5, 5.41) is 0.405. The van der Waals surface area contributed by atoms with Crippen molar-refractivity contribution < 1.29 is 17.9 Å². The van der Waals surface area contributed by atoms with Crippen molar-refractivity contribution in [2.75, 3.05) is 23.5 Å². The van der Waals surface area contributed by atoms with E-state index < -0.39 is 9.84 Å². The van der Waals surface area contributed by atoms with E-state index in [1.54, 1.807) is 23.1 Å². The highest BCUT2D eigenvalue weighted by Crippen LogP contribution is 2.39. The van der Waals surface area contributed by atoms with Gasteiger partial charge in [-0.2, -0.15) is 0 Å². The molecule has 7 heteroatoms. The van der Waals surface area contributed by atoms with Gasteiger partial charge in [0.2, 0.25) is 5.91 Å². The zero-order valence-electron chi connectivity index (χ0n) is 10.9. The summed E-state index contributed by atoms with van der Waals surface area (Å²) in [4.78, 5) is 13.7. The number of sulfone groups is 1. The average Bonchev–Trinajstić information content (AvgIpc) is 2.79. The molecule has 0 aromatic heterocycles. The Bertz CT molecular complexity index is 673. The molecule has 0 N–H and O–H groups in total. The lowest BCUT2D eigenvalue weighted by Gasteiger charge is -2.23. The molecule has 1 amide bonds. The van der Waals surface area contributed by atoms with Crippen LogP contribution in [0.3, 0.4) is 0 Å². The van der Waals surface area contributed by atoms with Gasteiger partial charge in [-0.05, 0) is 18.2 Å². The predicted octanol–water partition coefficient (Wildman–Crippen LogP) is 1.50. The first-order chi connectivity index (χ1) is 9.41. The first kappa shape index (κ1) is 13.7. The maximum Gasteiger partial charge on any atom is 0.227 e. The van der Waals surface area contributed by atoms with Crippen molar-refractivity contribution >= 4 is 33.0 Å². The highest BCUT2D eigenvalue weighted by molar-refractivity contribution is 7.91. The minimum absolute atomic E-state index is 0.0348. The third-order valence-electron chi connectivity index (χ3n) is 3.89. The van der Waals surface area contributed by atoms with E-state index in [1.807, 2.05) is 0 Å². The second-order valence-electron chi connectivity index (χ2n) is 5.19. The van der Waals surface area contributed by atoms with Gasteiger partial charge in [0.25, 0.3) is 0 Å². The molecule has 0 bridgehead atoms. The van der Waals surface area contributed by atoms with Crippen LogP contribution in [0.1, 0.15) is 6.42 Å². The van der Waals surface area contributed by atoms with E-state index in [9.17, 15) is 13.2 Å². The number of carbonyl (C=O) groups is 1. The number of halogens is 1. The lowest BCUT2D eigenvalue weighted by atomic mass is 10.0. The van der Waals surface area contributed by atoms with Crippen molar-refractivity contribution in [2.45, 2.75) is 12.5 Å². The molecule has 2 aliphatic rings. The minimum Gasteiger partial charge on any atom is -0.495 e. The third kappa shape index (κ3) is 2.16. The number of rotatable bonds is 2. The average molecular weight is 316 g/mol. The summed E-state index contributed by atoms with van der Waals surface area (Å²) < 4.78 is 28.5. The van der Waals surface area contributed by atoms with Gasteiger partial charge in [-0.25, -0.2) is 8.42 Å². The summed E-state index contributed by atoms with van der Waals surface area (Å²) in [7, 11) is -1.53. The summed E-state index contributed by atoms with van der Waals surface area (Å²) in [6.45, 7) is 0. The second-order valence-corrected chi connectivity index (χ2v) is 7.75. The van der Waals surface area contributed by atoms with Gasteiger partial charge < -0.3 is 9.64 Å². The summed E-state index contributed by atoms with van der Waals surface area (Å²) >= 11 is 6.07. The molecular weight excluding hydrogens is 302 g/mol. The third-order valence-corrected chi connectivity index (χ3v) is 5.97. The molecule has 108 valence electrons. The van der Waals surface area contributed by atoms with Crippen molar-refractivity contribution in [3.05, 3.63) is 23.2 Å². The molecule has 0 radical (unpaired) electrons. The van der Waals surface area contributed by atoms with Crippen LogP contribution in [0.15, 0.2) is 18.2 Å².